The number of para-hydroxylation sites is 2. The van der Waals surface area contributed by atoms with Crippen LogP contribution in [0, 0.1) is 12.7 Å². The van der Waals surface area contributed by atoms with Gasteiger partial charge in [-0.05, 0) is 74.7 Å². The van der Waals surface area contributed by atoms with Crippen molar-refractivity contribution in [3.63, 3.8) is 0 Å². The summed E-state index contributed by atoms with van der Waals surface area (Å²) in [7, 11) is 0. The van der Waals surface area contributed by atoms with Gasteiger partial charge in [0.2, 0.25) is 5.91 Å². The molecule has 9 heteroatoms. The molecular formula is C29H32FN3O5. The second-order valence-corrected chi connectivity index (χ2v) is 8.58. The van der Waals surface area contributed by atoms with E-state index in [1.807, 2.05) is 19.1 Å². The molecule has 0 aliphatic carbocycles. The number of carbonyl (C=O) groups is 2. The zero-order valence-electron chi connectivity index (χ0n) is 21.3. The van der Waals surface area contributed by atoms with Crippen LogP contribution in [0.5, 0.6) is 5.75 Å². The van der Waals surface area contributed by atoms with Crippen LogP contribution in [0.1, 0.15) is 37.0 Å². The first-order chi connectivity index (χ1) is 18.3. The molecule has 8 nitrogen and oxygen atoms in total. The van der Waals surface area contributed by atoms with Gasteiger partial charge in [-0.2, -0.15) is 0 Å². The molecule has 0 fully saturated rings. The Bertz CT molecular complexity index is 1260. The summed E-state index contributed by atoms with van der Waals surface area (Å²) < 4.78 is 25.8. The number of nitrogens with two attached hydrogens (primary N) is 1. The molecule has 0 bridgehead atoms. The number of aryl methyl sites for hydroxylation is 1. The number of hydrogen-bond acceptors (Lipinski definition) is 6. The highest BCUT2D eigenvalue weighted by Crippen LogP contribution is 2.30. The van der Waals surface area contributed by atoms with Crippen molar-refractivity contribution in [2.24, 2.45) is 0 Å². The number of anilines is 3. The number of benzene rings is 3. The fourth-order valence-corrected chi connectivity index (χ4v) is 3.73. The Labute approximate surface area is 221 Å². The second-order valence-electron chi connectivity index (χ2n) is 8.58. The van der Waals surface area contributed by atoms with Crippen LogP contribution in [0.15, 0.2) is 78.9 Å². The van der Waals surface area contributed by atoms with Crippen LogP contribution in [-0.4, -0.2) is 29.8 Å². The first-order valence-electron chi connectivity index (χ1n) is 12.2. The Morgan fingerprint density at radius 1 is 1.08 bits per heavy atom. The fourth-order valence-electron chi connectivity index (χ4n) is 3.73. The molecule has 0 heterocycles. The second kappa shape index (κ2) is 13.8. The highest BCUT2D eigenvalue weighted by molar-refractivity contribution is 6.01. The number of carbonyl (C=O) groups excluding carboxylic acids is 2. The summed E-state index contributed by atoms with van der Waals surface area (Å²) in [5.41, 5.74) is 8.71. The molecule has 0 spiro atoms. The molecule has 200 valence electrons. The molecule has 5 N–H and O–H groups in total. The van der Waals surface area contributed by atoms with Gasteiger partial charge < -0.3 is 25.6 Å². The smallest absolute Gasteiger partial charge is 0.412 e. The van der Waals surface area contributed by atoms with Crippen molar-refractivity contribution in [2.45, 2.75) is 38.9 Å². The lowest BCUT2D eigenvalue weighted by Crippen LogP contribution is -2.29. The van der Waals surface area contributed by atoms with E-state index < -0.39 is 29.9 Å². The summed E-state index contributed by atoms with van der Waals surface area (Å²) >= 11 is 0. The number of ether oxygens (including phenoxy) is 2. The molecule has 0 unspecified atom stereocenters. The minimum atomic E-state index is -0.984. The molecule has 0 aliphatic heterocycles. The van der Waals surface area contributed by atoms with Gasteiger partial charge >= 0.3 is 6.09 Å². The van der Waals surface area contributed by atoms with E-state index in [9.17, 15) is 19.1 Å². The summed E-state index contributed by atoms with van der Waals surface area (Å²) in [6, 6.07) is 17.9. The SMILES string of the molecule is CCO[C@H](CC/C=C/C(=O)Nc1ccccc1N)[C@H](OC(=O)Nc1ccc(C)cc1)c1ccc(O)c(F)c1. The van der Waals surface area contributed by atoms with Gasteiger partial charge in [0.15, 0.2) is 17.7 Å². The number of nitrogens with one attached hydrogen (secondary N) is 2. The average Bonchev–Trinajstić information content (AvgIpc) is 2.89. The van der Waals surface area contributed by atoms with Crippen molar-refractivity contribution >= 4 is 29.1 Å². The molecule has 2 amide bonds. The van der Waals surface area contributed by atoms with Crippen molar-refractivity contribution in [3.8, 4) is 5.75 Å². The quantitative estimate of drug-likeness (QED) is 0.179. The molecule has 3 rings (SSSR count). The monoisotopic (exact) mass is 521 g/mol. The normalized spacial score (nSPS) is 12.6. The number of allylic oxidation sites excluding steroid dienone is 1. The number of hydrogen-bond donors (Lipinski definition) is 4. The van der Waals surface area contributed by atoms with Crippen molar-refractivity contribution in [3.05, 3.63) is 95.8 Å². The predicted molar refractivity (Wildman–Crippen MR) is 145 cm³/mol. The van der Waals surface area contributed by atoms with E-state index in [1.165, 1.54) is 18.2 Å². The Kier molecular flexibility index (Phi) is 10.2. The van der Waals surface area contributed by atoms with Gasteiger partial charge in [0.05, 0.1) is 17.5 Å². The summed E-state index contributed by atoms with van der Waals surface area (Å²) in [4.78, 5) is 25.0. The molecular weight excluding hydrogens is 489 g/mol. The third-order valence-corrected chi connectivity index (χ3v) is 5.66. The van der Waals surface area contributed by atoms with Gasteiger partial charge in [-0.25, -0.2) is 9.18 Å². The number of amides is 2. The number of aromatic hydroxyl groups is 1. The van der Waals surface area contributed by atoms with Crippen molar-refractivity contribution in [1.82, 2.24) is 0 Å². The predicted octanol–water partition coefficient (Wildman–Crippen LogP) is 6.09. The fraction of sp³-hybridized carbons (Fsp3) is 0.241. The van der Waals surface area contributed by atoms with E-state index in [-0.39, 0.29) is 5.91 Å². The number of phenols is 1. The molecule has 2 atom stereocenters. The van der Waals surface area contributed by atoms with Gasteiger partial charge in [-0.1, -0.05) is 42.0 Å². The summed E-state index contributed by atoms with van der Waals surface area (Å²) in [5, 5.41) is 15.0. The largest absolute Gasteiger partial charge is 0.505 e. The van der Waals surface area contributed by atoms with Crippen LogP contribution in [0.4, 0.5) is 26.2 Å². The van der Waals surface area contributed by atoms with Gasteiger partial charge in [0, 0.05) is 12.3 Å². The van der Waals surface area contributed by atoms with Crippen molar-refractivity contribution in [2.75, 3.05) is 23.0 Å². The van der Waals surface area contributed by atoms with Crippen LogP contribution in [0.2, 0.25) is 0 Å². The van der Waals surface area contributed by atoms with E-state index in [0.717, 1.165) is 11.6 Å². The van der Waals surface area contributed by atoms with Gasteiger partial charge in [-0.15, -0.1) is 0 Å². The molecule has 3 aromatic carbocycles. The van der Waals surface area contributed by atoms with E-state index in [4.69, 9.17) is 15.2 Å². The van der Waals surface area contributed by atoms with Crippen molar-refractivity contribution in [1.29, 1.82) is 0 Å². The zero-order valence-corrected chi connectivity index (χ0v) is 21.3. The van der Waals surface area contributed by atoms with Crippen LogP contribution in [-0.2, 0) is 14.3 Å². The third-order valence-electron chi connectivity index (χ3n) is 5.66. The minimum absolute atomic E-state index is 0.308. The third kappa shape index (κ3) is 8.35. The number of halogens is 1. The van der Waals surface area contributed by atoms with E-state index in [1.54, 1.807) is 49.4 Å². The van der Waals surface area contributed by atoms with Crippen LogP contribution < -0.4 is 16.4 Å². The zero-order chi connectivity index (χ0) is 27.5. The van der Waals surface area contributed by atoms with Crippen LogP contribution >= 0.6 is 0 Å². The average molecular weight is 522 g/mol. The number of rotatable bonds is 11. The Hall–Kier alpha value is -4.37. The van der Waals surface area contributed by atoms with E-state index in [2.05, 4.69) is 10.6 Å². The van der Waals surface area contributed by atoms with E-state index >= 15 is 0 Å². The molecule has 0 radical (unpaired) electrons. The lowest BCUT2D eigenvalue weighted by molar-refractivity contribution is -0.111. The Morgan fingerprint density at radius 3 is 2.50 bits per heavy atom. The molecule has 3 aromatic rings. The lowest BCUT2D eigenvalue weighted by atomic mass is 9.99. The summed E-state index contributed by atoms with van der Waals surface area (Å²) in [5.74, 6) is -1.71. The van der Waals surface area contributed by atoms with Gasteiger partial charge in [0.25, 0.3) is 0 Å². The maximum absolute atomic E-state index is 14.2. The standard InChI is InChI=1S/C29H32FN3O5/c1-3-37-26(10-6-7-11-27(35)33-24-9-5-4-8-23(24)31)28(20-14-17-25(34)22(30)18-20)38-29(36)32-21-15-12-19(2)13-16-21/h4-5,7-9,11-18,26,28,34H,3,6,10,31H2,1-2H3,(H,32,36)(H,33,35)/b11-7+/t26-,28-/m1/s1. The molecule has 0 saturated heterocycles. The topological polar surface area (TPSA) is 123 Å². The first-order valence-corrected chi connectivity index (χ1v) is 12.2. The Balaban J connectivity index is 1.71. The van der Waals surface area contributed by atoms with Crippen LogP contribution in [0.25, 0.3) is 0 Å². The lowest BCUT2D eigenvalue weighted by Gasteiger charge is -2.27. The molecule has 0 aromatic heterocycles. The van der Waals surface area contributed by atoms with Crippen LogP contribution in [0.3, 0.4) is 0 Å². The number of nitrogen functional groups attached to an aromatic ring is 1. The van der Waals surface area contributed by atoms with Gasteiger partial charge in [-0.3, -0.25) is 10.1 Å². The minimum Gasteiger partial charge on any atom is -0.505 e. The van der Waals surface area contributed by atoms with Crippen molar-refractivity contribution < 1.29 is 28.6 Å². The van der Waals surface area contributed by atoms with Gasteiger partial charge in [0.1, 0.15) is 0 Å². The first kappa shape index (κ1) is 28.2. The maximum atomic E-state index is 14.2. The Morgan fingerprint density at radius 2 is 1.82 bits per heavy atom. The molecule has 0 aliphatic rings. The summed E-state index contributed by atoms with van der Waals surface area (Å²) in [6.45, 7) is 4.03. The number of phenolic OH excluding ortho intramolecular Hbond substituents is 1. The highest BCUT2D eigenvalue weighted by atomic mass is 19.1. The van der Waals surface area contributed by atoms with E-state index in [0.29, 0.717) is 42.1 Å². The summed E-state index contributed by atoms with van der Waals surface area (Å²) in [6.07, 6.45) is 1.43. The highest BCUT2D eigenvalue weighted by Gasteiger charge is 2.28. The molecule has 38 heavy (non-hydrogen) atoms. The maximum Gasteiger partial charge on any atom is 0.412 e. The molecule has 0 saturated carbocycles.